The summed E-state index contributed by atoms with van der Waals surface area (Å²) in [6.07, 6.45) is 5.54. The summed E-state index contributed by atoms with van der Waals surface area (Å²) in [6, 6.07) is 0. The topological polar surface area (TPSA) is 45.8 Å². The SMILES string of the molecule is CCc1c(C)nc(C2CCC(C(C)(C)C)CC2)[nH]c1=O. The van der Waals surface area contributed by atoms with Gasteiger partial charge in [-0.1, -0.05) is 27.7 Å². The van der Waals surface area contributed by atoms with Gasteiger partial charge >= 0.3 is 0 Å². The molecule has 0 spiro atoms. The average molecular weight is 276 g/mol. The molecule has 3 heteroatoms. The Kier molecular flexibility index (Phi) is 4.36. The molecule has 0 bridgehead atoms. The summed E-state index contributed by atoms with van der Waals surface area (Å²) in [4.78, 5) is 19.7. The Bertz CT molecular complexity index is 517. The summed E-state index contributed by atoms with van der Waals surface area (Å²) < 4.78 is 0. The zero-order valence-electron chi connectivity index (χ0n) is 13.5. The van der Waals surface area contributed by atoms with E-state index in [1.807, 2.05) is 13.8 Å². The van der Waals surface area contributed by atoms with Crippen LogP contribution in [0.1, 0.15) is 76.4 Å². The van der Waals surface area contributed by atoms with Crippen LogP contribution in [0.2, 0.25) is 0 Å². The molecule has 1 saturated carbocycles. The first kappa shape index (κ1) is 15.3. The molecule has 1 aromatic rings. The molecular formula is C17H28N2O. The van der Waals surface area contributed by atoms with E-state index in [2.05, 4.69) is 30.7 Å². The first-order valence-corrected chi connectivity index (χ1v) is 7.92. The Morgan fingerprint density at radius 2 is 1.80 bits per heavy atom. The lowest BCUT2D eigenvalue weighted by atomic mass is 9.69. The minimum atomic E-state index is 0.0629. The Morgan fingerprint density at radius 3 is 2.25 bits per heavy atom. The number of nitrogens with one attached hydrogen (secondary N) is 1. The van der Waals surface area contributed by atoms with Crippen molar-refractivity contribution in [2.75, 3.05) is 0 Å². The molecule has 1 aromatic heterocycles. The number of nitrogens with zero attached hydrogens (tertiary/aromatic N) is 1. The van der Waals surface area contributed by atoms with E-state index >= 15 is 0 Å². The lowest BCUT2D eigenvalue weighted by Crippen LogP contribution is -2.27. The molecule has 1 fully saturated rings. The minimum absolute atomic E-state index is 0.0629. The molecule has 0 aromatic carbocycles. The second-order valence-corrected chi connectivity index (χ2v) is 7.28. The van der Waals surface area contributed by atoms with Crippen molar-refractivity contribution in [3.63, 3.8) is 0 Å². The molecule has 0 atom stereocenters. The van der Waals surface area contributed by atoms with Crippen LogP contribution in [0, 0.1) is 18.3 Å². The maximum absolute atomic E-state index is 12.1. The molecule has 0 unspecified atom stereocenters. The van der Waals surface area contributed by atoms with Gasteiger partial charge in [0.05, 0.1) is 0 Å². The van der Waals surface area contributed by atoms with Crippen molar-refractivity contribution < 1.29 is 0 Å². The number of aryl methyl sites for hydroxylation is 1. The standard InChI is InChI=1S/C17H28N2O/c1-6-14-11(2)18-15(19-16(14)20)12-7-9-13(10-8-12)17(3,4)5/h12-13H,6-10H2,1-5H3,(H,18,19,20). The number of aromatic amines is 1. The summed E-state index contributed by atoms with van der Waals surface area (Å²) in [5, 5.41) is 0. The third-order valence-electron chi connectivity index (χ3n) is 4.93. The van der Waals surface area contributed by atoms with Crippen LogP contribution in [0.15, 0.2) is 4.79 Å². The van der Waals surface area contributed by atoms with Crippen molar-refractivity contribution in [1.29, 1.82) is 0 Å². The summed E-state index contributed by atoms with van der Waals surface area (Å²) in [7, 11) is 0. The highest BCUT2D eigenvalue weighted by Gasteiger charge is 2.31. The van der Waals surface area contributed by atoms with Crippen molar-refractivity contribution >= 4 is 0 Å². The van der Waals surface area contributed by atoms with Crippen LogP contribution in [0.3, 0.4) is 0 Å². The van der Waals surface area contributed by atoms with Crippen LogP contribution in [-0.4, -0.2) is 9.97 Å². The summed E-state index contributed by atoms with van der Waals surface area (Å²) in [6.45, 7) is 11.0. The molecule has 1 heterocycles. The maximum Gasteiger partial charge on any atom is 0.254 e. The van der Waals surface area contributed by atoms with E-state index in [0.29, 0.717) is 11.3 Å². The molecule has 20 heavy (non-hydrogen) atoms. The minimum Gasteiger partial charge on any atom is -0.310 e. The van der Waals surface area contributed by atoms with Crippen molar-refractivity contribution in [3.8, 4) is 0 Å². The van der Waals surface area contributed by atoms with Crippen LogP contribution in [-0.2, 0) is 6.42 Å². The molecule has 2 rings (SSSR count). The van der Waals surface area contributed by atoms with E-state index in [1.165, 1.54) is 12.8 Å². The zero-order chi connectivity index (χ0) is 14.9. The third kappa shape index (κ3) is 3.13. The molecule has 0 saturated heterocycles. The molecule has 112 valence electrons. The van der Waals surface area contributed by atoms with Crippen LogP contribution in [0.4, 0.5) is 0 Å². The molecule has 0 amide bonds. The second-order valence-electron chi connectivity index (χ2n) is 7.28. The third-order valence-corrected chi connectivity index (χ3v) is 4.93. The van der Waals surface area contributed by atoms with Gasteiger partial charge in [0.2, 0.25) is 0 Å². The molecule has 3 nitrogen and oxygen atoms in total. The van der Waals surface area contributed by atoms with Gasteiger partial charge in [0.15, 0.2) is 0 Å². The number of rotatable bonds is 2. The highest BCUT2D eigenvalue weighted by atomic mass is 16.1. The van der Waals surface area contributed by atoms with Crippen LogP contribution in [0.25, 0.3) is 0 Å². The normalized spacial score (nSPS) is 23.9. The first-order valence-electron chi connectivity index (χ1n) is 7.92. The monoisotopic (exact) mass is 276 g/mol. The van der Waals surface area contributed by atoms with E-state index in [4.69, 9.17) is 0 Å². The summed E-state index contributed by atoms with van der Waals surface area (Å²) >= 11 is 0. The van der Waals surface area contributed by atoms with Crippen molar-refractivity contribution in [3.05, 3.63) is 27.4 Å². The molecule has 1 N–H and O–H groups in total. The van der Waals surface area contributed by atoms with Crippen molar-refractivity contribution in [2.45, 2.75) is 72.6 Å². The fraction of sp³-hybridized carbons (Fsp3) is 0.765. The molecule has 1 aliphatic rings. The number of H-pyrrole nitrogens is 1. The molecule has 1 aliphatic carbocycles. The maximum atomic E-state index is 12.1. The smallest absolute Gasteiger partial charge is 0.254 e. The quantitative estimate of drug-likeness (QED) is 0.888. The summed E-state index contributed by atoms with van der Waals surface area (Å²) in [5.41, 5.74) is 2.20. The Labute approximate surface area is 122 Å². The highest BCUT2D eigenvalue weighted by Crippen LogP contribution is 2.42. The highest BCUT2D eigenvalue weighted by molar-refractivity contribution is 5.17. The van der Waals surface area contributed by atoms with Gasteiger partial charge in [0.25, 0.3) is 5.56 Å². The van der Waals surface area contributed by atoms with Gasteiger partial charge in [-0.3, -0.25) is 4.79 Å². The first-order chi connectivity index (χ1) is 9.32. The van der Waals surface area contributed by atoms with E-state index in [0.717, 1.165) is 42.3 Å². The van der Waals surface area contributed by atoms with Gasteiger partial charge < -0.3 is 4.98 Å². The number of hydrogen-bond acceptors (Lipinski definition) is 2. The van der Waals surface area contributed by atoms with Crippen LogP contribution in [0.5, 0.6) is 0 Å². The molecular weight excluding hydrogens is 248 g/mol. The van der Waals surface area contributed by atoms with Crippen LogP contribution < -0.4 is 5.56 Å². The van der Waals surface area contributed by atoms with Gasteiger partial charge in [0, 0.05) is 17.2 Å². The number of hydrogen-bond donors (Lipinski definition) is 1. The second kappa shape index (κ2) is 5.71. The predicted molar refractivity (Wildman–Crippen MR) is 83.1 cm³/mol. The summed E-state index contributed by atoms with van der Waals surface area (Å²) in [5.74, 6) is 2.14. The lowest BCUT2D eigenvalue weighted by molar-refractivity contribution is 0.167. The van der Waals surface area contributed by atoms with E-state index in [1.54, 1.807) is 0 Å². The van der Waals surface area contributed by atoms with Gasteiger partial charge in [-0.2, -0.15) is 0 Å². The van der Waals surface area contributed by atoms with Gasteiger partial charge in [-0.25, -0.2) is 4.98 Å². The average Bonchev–Trinajstić information content (AvgIpc) is 2.37. The van der Waals surface area contributed by atoms with Gasteiger partial charge in [-0.15, -0.1) is 0 Å². The van der Waals surface area contributed by atoms with Crippen molar-refractivity contribution in [2.24, 2.45) is 11.3 Å². The molecule has 0 radical (unpaired) electrons. The predicted octanol–water partition coefficient (Wildman–Crippen LogP) is 3.96. The van der Waals surface area contributed by atoms with E-state index in [9.17, 15) is 4.79 Å². The van der Waals surface area contributed by atoms with Gasteiger partial charge in [0.1, 0.15) is 5.82 Å². The zero-order valence-corrected chi connectivity index (χ0v) is 13.5. The fourth-order valence-corrected chi connectivity index (χ4v) is 3.47. The molecule has 0 aliphatic heterocycles. The van der Waals surface area contributed by atoms with E-state index in [-0.39, 0.29) is 5.56 Å². The van der Waals surface area contributed by atoms with Gasteiger partial charge in [-0.05, 0) is 50.4 Å². The largest absolute Gasteiger partial charge is 0.310 e. The van der Waals surface area contributed by atoms with Crippen LogP contribution >= 0.6 is 0 Å². The number of aromatic nitrogens is 2. The Balaban J connectivity index is 2.14. The van der Waals surface area contributed by atoms with E-state index < -0.39 is 0 Å². The van der Waals surface area contributed by atoms with Crippen molar-refractivity contribution in [1.82, 2.24) is 9.97 Å². The Morgan fingerprint density at radius 1 is 1.20 bits per heavy atom. The lowest BCUT2D eigenvalue weighted by Gasteiger charge is -2.36. The fourth-order valence-electron chi connectivity index (χ4n) is 3.47. The Hall–Kier alpha value is -1.12.